The monoisotopic (exact) mass is 710 g/mol. The van der Waals surface area contributed by atoms with E-state index in [1.54, 1.807) is 0 Å². The van der Waals surface area contributed by atoms with Crippen molar-refractivity contribution in [2.24, 2.45) is 0 Å². The van der Waals surface area contributed by atoms with Crippen LogP contribution in [0, 0.1) is 0 Å². The lowest BCUT2D eigenvalue weighted by Gasteiger charge is -2.22. The first kappa shape index (κ1) is 34.7. The molecule has 0 unspecified atom stereocenters. The predicted molar refractivity (Wildman–Crippen MR) is 165 cm³/mol. The number of nitrogens with two attached hydrogens (primary N) is 2. The van der Waals surface area contributed by atoms with E-state index in [2.05, 4.69) is 5.32 Å². The van der Waals surface area contributed by atoms with Gasteiger partial charge in [-0.05, 0) is 35.9 Å². The number of methoxy groups -OCH3 is 1. The Morgan fingerprint density at radius 1 is 0.978 bits per heavy atom. The summed E-state index contributed by atoms with van der Waals surface area (Å²) >= 11 is 0. The first-order valence-corrected chi connectivity index (χ1v) is 18.2. The Kier molecular flexibility index (Phi) is 10.3. The number of amides is 1. The topological polar surface area (TPSA) is 272 Å². The zero-order valence-electron chi connectivity index (χ0n) is 23.6. The molecule has 15 nitrogen and oxygen atoms in total. The molecule has 2 aliphatic rings. The molecule has 19 heteroatoms. The van der Waals surface area contributed by atoms with Crippen molar-refractivity contribution in [3.05, 3.63) is 58.9 Å². The Morgan fingerprint density at radius 3 is 2.26 bits per heavy atom. The Balaban J connectivity index is 1.92. The molecule has 0 radical (unpaired) electrons. The smallest absolute Gasteiger partial charge is 0.338 e. The molecule has 1 aliphatic carbocycles. The molecular formula is C27H24N3O12S4-. The minimum Gasteiger partial charge on any atom is -0.744 e. The highest BCUT2D eigenvalue weighted by Gasteiger charge is 2.30. The standard InChI is InChI=1S/C27H25N3O12S4/c1-41-27(34)17-12-13(26(33)30-9-11-44-43-10-8-20(31)32)2-3-14(17)21-15-4-6-18(28)24(45(35,36)37)22(15)42-23-16(21)5-7-19(29)25(23)46(38,39)40/h2-7,12,28H,8-11,29H2,1H3,(H,30,33)(H,31,32)(H,35,36,37)(H,38,39,40)/p-1. The molecule has 0 atom stereocenters. The minimum atomic E-state index is -5.36. The molecule has 244 valence electrons. The summed E-state index contributed by atoms with van der Waals surface area (Å²) in [5.41, 5.74) is 4.16. The fraction of sp³-hybridized carbons (Fsp3) is 0.185. The van der Waals surface area contributed by atoms with Gasteiger partial charge in [-0.2, -0.15) is 0 Å². The van der Waals surface area contributed by atoms with Gasteiger partial charge in [0.1, 0.15) is 25.1 Å². The summed E-state index contributed by atoms with van der Waals surface area (Å²) in [6.07, 6.45) is -0.00441. The number of aliphatic carboxylic acids is 1. The molecule has 0 saturated carbocycles. The number of hydrogen-bond acceptors (Lipinski definition) is 14. The third kappa shape index (κ3) is 7.29. The number of rotatable bonds is 12. The number of fused-ring (bicyclic) bond motifs is 2. The molecule has 2 aromatic carbocycles. The van der Waals surface area contributed by atoms with Gasteiger partial charge >= 0.3 is 11.9 Å². The molecule has 0 saturated heterocycles. The maximum absolute atomic E-state index is 13.1. The van der Waals surface area contributed by atoms with E-state index < -0.39 is 70.3 Å². The molecule has 0 aromatic heterocycles. The van der Waals surface area contributed by atoms with Crippen molar-refractivity contribution in [3.63, 3.8) is 0 Å². The lowest BCUT2D eigenvalue weighted by Crippen LogP contribution is -2.47. The molecule has 1 aliphatic heterocycles. The summed E-state index contributed by atoms with van der Waals surface area (Å²) in [6, 6.07) is 8.57. The van der Waals surface area contributed by atoms with Gasteiger partial charge in [0.05, 0.1) is 24.8 Å². The first-order valence-electron chi connectivity index (χ1n) is 12.9. The highest BCUT2D eigenvalue weighted by molar-refractivity contribution is 8.76. The number of carboxylic acid groups (broad SMARTS) is 1. The number of nitrogen functional groups attached to an aromatic ring is 1. The largest absolute Gasteiger partial charge is 0.744 e. The lowest BCUT2D eigenvalue weighted by atomic mass is 9.89. The van der Waals surface area contributed by atoms with Crippen molar-refractivity contribution in [1.29, 1.82) is 0 Å². The Bertz CT molecular complexity index is 2130. The van der Waals surface area contributed by atoms with Gasteiger partial charge in [0, 0.05) is 46.2 Å². The number of esters is 1. The van der Waals surface area contributed by atoms with Gasteiger partial charge in [0.15, 0.2) is 16.2 Å². The second-order valence-electron chi connectivity index (χ2n) is 9.40. The summed E-state index contributed by atoms with van der Waals surface area (Å²) < 4.78 is 84.3. The summed E-state index contributed by atoms with van der Waals surface area (Å²) in [7, 11) is -6.95. The maximum atomic E-state index is 13.1. The first-order chi connectivity index (χ1) is 21.6. The van der Waals surface area contributed by atoms with E-state index in [4.69, 9.17) is 25.4 Å². The minimum absolute atomic E-state index is 0.00441. The van der Waals surface area contributed by atoms with Gasteiger partial charge in [-0.15, -0.1) is 0 Å². The average molecular weight is 711 g/mol. The maximum Gasteiger partial charge on any atom is 0.338 e. The molecule has 0 fully saturated rings. The van der Waals surface area contributed by atoms with Gasteiger partial charge in [-0.25, -0.2) is 21.6 Å². The van der Waals surface area contributed by atoms with E-state index in [9.17, 15) is 40.3 Å². The van der Waals surface area contributed by atoms with Crippen LogP contribution in [0.2, 0.25) is 0 Å². The Labute approximate surface area is 269 Å². The zero-order valence-corrected chi connectivity index (χ0v) is 26.9. The number of ether oxygens (including phenoxy) is 1. The van der Waals surface area contributed by atoms with Crippen LogP contribution in [0.1, 0.15) is 27.1 Å². The Morgan fingerprint density at radius 2 is 1.63 bits per heavy atom. The number of hydrogen-bond donors (Lipinski definition) is 4. The molecular weight excluding hydrogens is 687 g/mol. The van der Waals surface area contributed by atoms with E-state index in [0.29, 0.717) is 11.5 Å². The van der Waals surface area contributed by atoms with Crippen LogP contribution >= 0.6 is 21.6 Å². The summed E-state index contributed by atoms with van der Waals surface area (Å²) in [5.74, 6) is -2.31. The van der Waals surface area contributed by atoms with Gasteiger partial charge in [-0.3, -0.25) is 15.0 Å². The Hall–Kier alpha value is -4.14. The fourth-order valence-electron chi connectivity index (χ4n) is 4.54. The molecule has 1 amide bonds. The number of benzene rings is 3. The fourth-order valence-corrected chi connectivity index (χ4v) is 7.90. The molecule has 1 heterocycles. The normalized spacial score (nSPS) is 11.9. The average Bonchev–Trinajstić information content (AvgIpc) is 2.97. The van der Waals surface area contributed by atoms with Crippen molar-refractivity contribution >= 4 is 76.3 Å². The van der Waals surface area contributed by atoms with Crippen LogP contribution in [0.15, 0.2) is 56.7 Å². The van der Waals surface area contributed by atoms with Crippen LogP contribution in [0.4, 0.5) is 5.69 Å². The summed E-state index contributed by atoms with van der Waals surface area (Å²) in [4.78, 5) is 34.5. The molecule has 46 heavy (non-hydrogen) atoms. The van der Waals surface area contributed by atoms with Crippen molar-refractivity contribution in [3.8, 4) is 22.5 Å². The molecule has 0 bridgehead atoms. The van der Waals surface area contributed by atoms with E-state index in [1.165, 1.54) is 51.9 Å². The number of nitrogens with one attached hydrogen (secondary N) is 1. The lowest BCUT2D eigenvalue weighted by molar-refractivity contribution is -0.176. The van der Waals surface area contributed by atoms with Crippen LogP contribution in [-0.2, 0) is 29.8 Å². The number of carbonyl (C=O) groups is 3. The van der Waals surface area contributed by atoms with Gasteiger partial charge in [0.25, 0.3) is 5.91 Å². The van der Waals surface area contributed by atoms with Crippen LogP contribution in [0.25, 0.3) is 33.4 Å². The van der Waals surface area contributed by atoms with Gasteiger partial charge < -0.3 is 34.4 Å². The predicted octanol–water partition coefficient (Wildman–Crippen LogP) is 0.627. The van der Waals surface area contributed by atoms with E-state index in [1.807, 2.05) is 0 Å². The van der Waals surface area contributed by atoms with E-state index >= 15 is 0 Å². The zero-order chi connectivity index (χ0) is 34.0. The summed E-state index contributed by atoms with van der Waals surface area (Å²) in [6.45, 7) is 0.204. The van der Waals surface area contributed by atoms with Gasteiger partial charge in [-0.1, -0.05) is 27.7 Å². The number of anilines is 1. The molecule has 0 spiro atoms. The highest BCUT2D eigenvalue weighted by Crippen LogP contribution is 2.45. The molecule has 4 rings (SSSR count). The number of carboxylic acids is 1. The highest BCUT2D eigenvalue weighted by atomic mass is 33.1. The van der Waals surface area contributed by atoms with E-state index in [-0.39, 0.29) is 46.2 Å². The van der Waals surface area contributed by atoms with Crippen molar-refractivity contribution < 1.29 is 60.0 Å². The van der Waals surface area contributed by atoms with Gasteiger partial charge in [0.2, 0.25) is 5.36 Å². The summed E-state index contributed by atoms with van der Waals surface area (Å²) in [5, 5.41) is 16.5. The molecule has 2 aromatic rings. The van der Waals surface area contributed by atoms with Crippen molar-refractivity contribution in [1.82, 2.24) is 5.32 Å². The SMILES string of the molecule is COC(=O)c1cc(C(=O)NCCSSCCC(=O)O)ccc1-c1c2ccc(=[NH2+])c(S(=O)(=O)[O-])c-2oc2c(S(=O)(=O)[O-])c(N)ccc12. The van der Waals surface area contributed by atoms with Crippen LogP contribution < -0.4 is 21.8 Å². The second-order valence-corrected chi connectivity index (χ2v) is 14.7. The molecule has 6 N–H and O–H groups in total. The quantitative estimate of drug-likeness (QED) is 0.0392. The van der Waals surface area contributed by atoms with Crippen LogP contribution in [-0.4, -0.2) is 74.1 Å². The third-order valence-corrected chi connectivity index (χ3v) is 10.7. The van der Waals surface area contributed by atoms with Crippen molar-refractivity contribution in [2.75, 3.05) is 30.9 Å². The van der Waals surface area contributed by atoms with Crippen LogP contribution in [0.3, 0.4) is 0 Å². The number of carbonyl (C=O) groups excluding carboxylic acids is 2. The third-order valence-electron chi connectivity index (χ3n) is 6.44. The van der Waals surface area contributed by atoms with Crippen LogP contribution in [0.5, 0.6) is 0 Å². The second kappa shape index (κ2) is 13.7. The van der Waals surface area contributed by atoms with E-state index in [0.717, 1.165) is 19.2 Å². The van der Waals surface area contributed by atoms with Crippen molar-refractivity contribution in [2.45, 2.75) is 16.2 Å².